The lowest BCUT2D eigenvalue weighted by atomic mass is 10.1. The van der Waals surface area contributed by atoms with Gasteiger partial charge in [-0.1, -0.05) is 30.3 Å². The predicted octanol–water partition coefficient (Wildman–Crippen LogP) is 3.58. The molecule has 0 aliphatic carbocycles. The minimum Gasteiger partial charge on any atom is -0.338 e. The maximum Gasteiger partial charge on any atom is 0.315 e. The van der Waals surface area contributed by atoms with Crippen molar-refractivity contribution in [1.82, 2.24) is 20.6 Å². The smallest absolute Gasteiger partial charge is 0.315 e. The molecule has 0 saturated heterocycles. The van der Waals surface area contributed by atoms with Crippen molar-refractivity contribution >= 4 is 6.03 Å². The molecule has 1 aromatic carbocycles. The molecule has 0 radical (unpaired) electrons. The van der Waals surface area contributed by atoms with E-state index in [0.29, 0.717) is 13.1 Å². The number of hydrogen-bond donors (Lipinski definition) is 2. The standard InChI is InChI=1S/C21H22N4O/c26-21(24-12-4-8-17-6-2-1-3-7-17)25-15-18-10-13-23-20(14-18)19-9-5-11-22-16-19/h1-3,5-7,9-11,13-14,16H,4,8,12,15H2,(H2,24,25,26). The molecule has 5 heteroatoms. The van der Waals surface area contributed by atoms with E-state index in [1.54, 1.807) is 18.6 Å². The molecule has 0 spiro atoms. The molecule has 26 heavy (non-hydrogen) atoms. The molecule has 0 aliphatic heterocycles. The molecular formula is C21H22N4O. The van der Waals surface area contributed by atoms with Gasteiger partial charge in [-0.2, -0.15) is 0 Å². The maximum absolute atomic E-state index is 11.9. The summed E-state index contributed by atoms with van der Waals surface area (Å²) in [5, 5.41) is 5.78. The van der Waals surface area contributed by atoms with E-state index in [2.05, 4.69) is 32.7 Å². The number of carbonyl (C=O) groups is 1. The number of carbonyl (C=O) groups excluding carboxylic acids is 1. The molecule has 132 valence electrons. The van der Waals surface area contributed by atoms with Crippen LogP contribution in [0.2, 0.25) is 0 Å². The van der Waals surface area contributed by atoms with Gasteiger partial charge in [0, 0.05) is 37.2 Å². The molecule has 2 N–H and O–H groups in total. The Bertz CT molecular complexity index is 822. The summed E-state index contributed by atoms with van der Waals surface area (Å²) >= 11 is 0. The van der Waals surface area contributed by atoms with Gasteiger partial charge in [0.1, 0.15) is 0 Å². The van der Waals surface area contributed by atoms with Crippen molar-refractivity contribution in [3.63, 3.8) is 0 Å². The van der Waals surface area contributed by atoms with Gasteiger partial charge in [-0.05, 0) is 48.2 Å². The summed E-state index contributed by atoms with van der Waals surface area (Å²) in [4.78, 5) is 20.4. The van der Waals surface area contributed by atoms with E-state index in [0.717, 1.165) is 29.7 Å². The fourth-order valence-electron chi connectivity index (χ4n) is 2.64. The minimum atomic E-state index is -0.155. The van der Waals surface area contributed by atoms with Crippen LogP contribution in [0, 0.1) is 0 Å². The topological polar surface area (TPSA) is 66.9 Å². The Labute approximate surface area is 153 Å². The van der Waals surface area contributed by atoms with Gasteiger partial charge in [0.15, 0.2) is 0 Å². The average Bonchev–Trinajstić information content (AvgIpc) is 2.71. The first-order chi connectivity index (χ1) is 12.8. The van der Waals surface area contributed by atoms with Gasteiger partial charge in [0.2, 0.25) is 0 Å². The Morgan fingerprint density at radius 1 is 0.923 bits per heavy atom. The van der Waals surface area contributed by atoms with Gasteiger partial charge < -0.3 is 10.6 Å². The summed E-state index contributed by atoms with van der Waals surface area (Å²) in [6.45, 7) is 1.11. The molecule has 2 amide bonds. The second-order valence-corrected chi connectivity index (χ2v) is 5.99. The van der Waals surface area contributed by atoms with Crippen LogP contribution in [-0.2, 0) is 13.0 Å². The quantitative estimate of drug-likeness (QED) is 0.643. The van der Waals surface area contributed by atoms with Crippen LogP contribution in [0.3, 0.4) is 0 Å². The fraction of sp³-hybridized carbons (Fsp3) is 0.190. The number of nitrogens with zero attached hydrogens (tertiary/aromatic N) is 2. The van der Waals surface area contributed by atoms with Crippen LogP contribution in [0.15, 0.2) is 73.2 Å². The number of hydrogen-bond acceptors (Lipinski definition) is 3. The Balaban J connectivity index is 1.42. The van der Waals surface area contributed by atoms with Gasteiger partial charge in [-0.25, -0.2) is 4.79 Å². The van der Waals surface area contributed by atoms with E-state index >= 15 is 0 Å². The van der Waals surface area contributed by atoms with Crippen LogP contribution in [-0.4, -0.2) is 22.5 Å². The fourth-order valence-corrected chi connectivity index (χ4v) is 2.64. The molecule has 0 fully saturated rings. The van der Waals surface area contributed by atoms with E-state index in [-0.39, 0.29) is 6.03 Å². The third-order valence-electron chi connectivity index (χ3n) is 4.01. The third-order valence-corrected chi connectivity index (χ3v) is 4.01. The van der Waals surface area contributed by atoms with E-state index in [4.69, 9.17) is 0 Å². The zero-order chi connectivity index (χ0) is 18.0. The van der Waals surface area contributed by atoms with Crippen molar-refractivity contribution in [2.24, 2.45) is 0 Å². The van der Waals surface area contributed by atoms with Crippen molar-refractivity contribution in [2.75, 3.05) is 6.54 Å². The molecule has 0 aliphatic rings. The lowest BCUT2D eigenvalue weighted by Crippen LogP contribution is -2.35. The number of pyridine rings is 2. The second-order valence-electron chi connectivity index (χ2n) is 5.99. The largest absolute Gasteiger partial charge is 0.338 e. The summed E-state index contributed by atoms with van der Waals surface area (Å²) in [5.41, 5.74) is 4.09. The highest BCUT2D eigenvalue weighted by atomic mass is 16.2. The lowest BCUT2D eigenvalue weighted by Gasteiger charge is -2.09. The molecule has 0 unspecified atom stereocenters. The molecule has 0 saturated carbocycles. The van der Waals surface area contributed by atoms with Crippen LogP contribution < -0.4 is 10.6 Å². The monoisotopic (exact) mass is 346 g/mol. The number of nitrogens with one attached hydrogen (secondary N) is 2. The third kappa shape index (κ3) is 5.41. The van der Waals surface area contributed by atoms with Gasteiger partial charge in [-0.15, -0.1) is 0 Å². The van der Waals surface area contributed by atoms with Crippen molar-refractivity contribution in [3.05, 3.63) is 84.3 Å². The summed E-state index contributed by atoms with van der Waals surface area (Å²) in [6.07, 6.45) is 7.13. The van der Waals surface area contributed by atoms with Crippen LogP contribution in [0.4, 0.5) is 4.79 Å². The molecule has 2 aromatic heterocycles. The van der Waals surface area contributed by atoms with Crippen LogP contribution in [0.1, 0.15) is 17.5 Å². The van der Waals surface area contributed by atoms with Gasteiger partial charge in [0.05, 0.1) is 5.69 Å². The summed E-state index contributed by atoms with van der Waals surface area (Å²) < 4.78 is 0. The molecule has 0 atom stereocenters. The van der Waals surface area contributed by atoms with Gasteiger partial charge in [0.25, 0.3) is 0 Å². The molecule has 3 rings (SSSR count). The molecule has 2 heterocycles. The number of rotatable bonds is 7. The van der Waals surface area contributed by atoms with Crippen LogP contribution in [0.25, 0.3) is 11.3 Å². The maximum atomic E-state index is 11.9. The molecule has 0 bridgehead atoms. The SMILES string of the molecule is O=C(NCCCc1ccccc1)NCc1ccnc(-c2cccnc2)c1. The highest BCUT2D eigenvalue weighted by Gasteiger charge is 2.03. The Morgan fingerprint density at radius 2 is 1.81 bits per heavy atom. The average molecular weight is 346 g/mol. The van der Waals surface area contributed by atoms with Crippen molar-refractivity contribution < 1.29 is 4.79 Å². The van der Waals surface area contributed by atoms with Crippen molar-refractivity contribution in [3.8, 4) is 11.3 Å². The van der Waals surface area contributed by atoms with Crippen LogP contribution >= 0.6 is 0 Å². The van der Waals surface area contributed by atoms with E-state index in [1.165, 1.54) is 5.56 Å². The summed E-state index contributed by atoms with van der Waals surface area (Å²) in [5.74, 6) is 0. The van der Waals surface area contributed by atoms with E-state index < -0.39 is 0 Å². The molecule has 3 aromatic rings. The first kappa shape index (κ1) is 17.6. The van der Waals surface area contributed by atoms with Crippen molar-refractivity contribution in [1.29, 1.82) is 0 Å². The molecular weight excluding hydrogens is 324 g/mol. The summed E-state index contributed by atoms with van der Waals surface area (Å²) in [7, 11) is 0. The first-order valence-corrected chi connectivity index (χ1v) is 8.72. The zero-order valence-electron chi connectivity index (χ0n) is 14.6. The Hall–Kier alpha value is -3.21. The predicted molar refractivity (Wildman–Crippen MR) is 102 cm³/mol. The number of aromatic nitrogens is 2. The first-order valence-electron chi connectivity index (χ1n) is 8.72. The minimum absolute atomic E-state index is 0.155. The summed E-state index contributed by atoms with van der Waals surface area (Å²) in [6, 6.07) is 17.8. The lowest BCUT2D eigenvalue weighted by molar-refractivity contribution is 0.240. The van der Waals surface area contributed by atoms with Crippen LogP contribution in [0.5, 0.6) is 0 Å². The second kappa shape index (κ2) is 9.32. The van der Waals surface area contributed by atoms with E-state index in [1.807, 2.05) is 42.5 Å². The highest BCUT2D eigenvalue weighted by molar-refractivity contribution is 5.73. The number of amides is 2. The molecule has 5 nitrogen and oxygen atoms in total. The normalized spacial score (nSPS) is 10.3. The van der Waals surface area contributed by atoms with Gasteiger partial charge >= 0.3 is 6.03 Å². The Morgan fingerprint density at radius 3 is 2.62 bits per heavy atom. The Kier molecular flexibility index (Phi) is 6.31. The zero-order valence-corrected chi connectivity index (χ0v) is 14.6. The van der Waals surface area contributed by atoms with Gasteiger partial charge in [-0.3, -0.25) is 9.97 Å². The number of benzene rings is 1. The van der Waals surface area contributed by atoms with Crippen molar-refractivity contribution in [2.45, 2.75) is 19.4 Å². The highest BCUT2D eigenvalue weighted by Crippen LogP contribution is 2.16. The van der Waals surface area contributed by atoms with E-state index in [9.17, 15) is 4.79 Å². The number of urea groups is 1. The number of aryl methyl sites for hydroxylation is 1.